The zero-order valence-electron chi connectivity index (χ0n) is 10.6. The van der Waals surface area contributed by atoms with E-state index in [1.807, 2.05) is 6.92 Å². The van der Waals surface area contributed by atoms with E-state index >= 15 is 0 Å². The maximum absolute atomic E-state index is 11.8. The van der Waals surface area contributed by atoms with Gasteiger partial charge < -0.3 is 15.5 Å². The van der Waals surface area contributed by atoms with Gasteiger partial charge in [-0.25, -0.2) is 4.79 Å². The highest BCUT2D eigenvalue weighted by Crippen LogP contribution is 2.10. The van der Waals surface area contributed by atoms with Gasteiger partial charge in [0.15, 0.2) is 5.69 Å². The number of carboxylic acids is 2. The summed E-state index contributed by atoms with van der Waals surface area (Å²) < 4.78 is 0. The lowest BCUT2D eigenvalue weighted by Crippen LogP contribution is -2.42. The van der Waals surface area contributed by atoms with Crippen molar-refractivity contribution in [3.63, 3.8) is 0 Å². The number of carbonyl (C=O) groups excluding carboxylic acids is 1. The van der Waals surface area contributed by atoms with Gasteiger partial charge in [-0.1, -0.05) is 6.92 Å². The molecule has 8 nitrogen and oxygen atoms in total. The highest BCUT2D eigenvalue weighted by molar-refractivity contribution is 5.97. The molecule has 0 radical (unpaired) electrons. The van der Waals surface area contributed by atoms with Crippen LogP contribution >= 0.6 is 0 Å². The van der Waals surface area contributed by atoms with E-state index in [0.717, 1.165) is 5.69 Å². The van der Waals surface area contributed by atoms with Gasteiger partial charge in [0.25, 0.3) is 5.91 Å². The third-order valence-corrected chi connectivity index (χ3v) is 2.66. The molecule has 1 aromatic heterocycles. The van der Waals surface area contributed by atoms with E-state index in [1.165, 1.54) is 0 Å². The van der Waals surface area contributed by atoms with Crippen LogP contribution in [0.3, 0.4) is 0 Å². The summed E-state index contributed by atoms with van der Waals surface area (Å²) in [5, 5.41) is 26.0. The number of aromatic amines is 1. The van der Waals surface area contributed by atoms with Gasteiger partial charge in [0, 0.05) is 11.3 Å². The molecule has 4 N–H and O–H groups in total. The molecular formula is C11H15N3O5. The molecule has 1 aromatic rings. The van der Waals surface area contributed by atoms with Gasteiger partial charge >= 0.3 is 11.9 Å². The lowest BCUT2D eigenvalue weighted by atomic mass is 10.1. The number of carboxylic acid groups (broad SMARTS) is 2. The number of nitrogens with one attached hydrogen (secondary N) is 2. The highest BCUT2D eigenvalue weighted by Gasteiger charge is 2.25. The number of aliphatic carboxylic acids is 2. The van der Waals surface area contributed by atoms with Crippen LogP contribution in [0.2, 0.25) is 0 Å². The number of amides is 1. The second kappa shape index (κ2) is 5.98. The smallest absolute Gasteiger partial charge is 0.326 e. The maximum Gasteiger partial charge on any atom is 0.326 e. The first-order valence-corrected chi connectivity index (χ1v) is 5.66. The van der Waals surface area contributed by atoms with Gasteiger partial charge in [-0.15, -0.1) is 0 Å². The van der Waals surface area contributed by atoms with Crippen molar-refractivity contribution in [1.29, 1.82) is 0 Å². The molecule has 1 rings (SSSR count). The van der Waals surface area contributed by atoms with E-state index in [0.29, 0.717) is 12.0 Å². The molecule has 0 bridgehead atoms. The Balaban J connectivity index is 2.84. The molecule has 0 aliphatic heterocycles. The molecule has 1 heterocycles. The molecule has 0 saturated heterocycles. The van der Waals surface area contributed by atoms with Gasteiger partial charge in [-0.3, -0.25) is 14.7 Å². The molecule has 19 heavy (non-hydrogen) atoms. The van der Waals surface area contributed by atoms with E-state index in [1.54, 1.807) is 6.92 Å². The SMILES string of the molecule is CCc1[nH]nc(C(=O)N[C@H](CC(=O)O)C(=O)O)c1C. The zero-order chi connectivity index (χ0) is 14.6. The minimum absolute atomic E-state index is 0.0773. The van der Waals surface area contributed by atoms with Crippen LogP contribution in [0.15, 0.2) is 0 Å². The monoisotopic (exact) mass is 269 g/mol. The predicted octanol–water partition coefficient (Wildman–Crippen LogP) is -0.0618. The number of carbonyl (C=O) groups is 3. The lowest BCUT2D eigenvalue weighted by molar-refractivity contribution is -0.145. The van der Waals surface area contributed by atoms with Crippen molar-refractivity contribution >= 4 is 17.8 Å². The Hall–Kier alpha value is -2.38. The van der Waals surface area contributed by atoms with Gasteiger partial charge in [0.05, 0.1) is 6.42 Å². The Bertz CT molecular complexity index is 508. The largest absolute Gasteiger partial charge is 0.481 e. The van der Waals surface area contributed by atoms with Crippen LogP contribution in [-0.2, 0) is 16.0 Å². The molecule has 0 aliphatic carbocycles. The molecule has 0 unspecified atom stereocenters. The van der Waals surface area contributed by atoms with Crippen LogP contribution in [0, 0.1) is 6.92 Å². The summed E-state index contributed by atoms with van der Waals surface area (Å²) in [6.07, 6.45) is -0.0330. The zero-order valence-corrected chi connectivity index (χ0v) is 10.6. The van der Waals surface area contributed by atoms with E-state index in [9.17, 15) is 14.4 Å². The van der Waals surface area contributed by atoms with Gasteiger partial charge in [-0.2, -0.15) is 5.10 Å². The first-order valence-electron chi connectivity index (χ1n) is 5.66. The Labute approximate surface area is 108 Å². The number of aryl methyl sites for hydroxylation is 1. The minimum Gasteiger partial charge on any atom is -0.481 e. The molecule has 104 valence electrons. The second-order valence-corrected chi connectivity index (χ2v) is 3.99. The van der Waals surface area contributed by atoms with Crippen LogP contribution in [0.1, 0.15) is 35.1 Å². The van der Waals surface area contributed by atoms with Crippen molar-refractivity contribution in [2.45, 2.75) is 32.7 Å². The van der Waals surface area contributed by atoms with Crippen molar-refractivity contribution in [2.24, 2.45) is 0 Å². The average Bonchev–Trinajstić information content (AvgIpc) is 2.68. The van der Waals surface area contributed by atoms with Crippen LogP contribution < -0.4 is 5.32 Å². The van der Waals surface area contributed by atoms with Crippen molar-refractivity contribution < 1.29 is 24.6 Å². The highest BCUT2D eigenvalue weighted by atomic mass is 16.4. The molecule has 0 spiro atoms. The molecule has 8 heteroatoms. The Kier molecular flexibility index (Phi) is 4.62. The summed E-state index contributed by atoms with van der Waals surface area (Å²) in [6.45, 7) is 3.57. The Morgan fingerprint density at radius 1 is 1.37 bits per heavy atom. The van der Waals surface area contributed by atoms with Crippen molar-refractivity contribution in [3.8, 4) is 0 Å². The number of hydrogen-bond donors (Lipinski definition) is 4. The fourth-order valence-electron chi connectivity index (χ4n) is 1.60. The fourth-order valence-corrected chi connectivity index (χ4v) is 1.60. The number of rotatable bonds is 6. The van der Waals surface area contributed by atoms with E-state index < -0.39 is 30.3 Å². The van der Waals surface area contributed by atoms with Crippen LogP contribution in [-0.4, -0.2) is 44.3 Å². The topological polar surface area (TPSA) is 132 Å². The number of hydrogen-bond acceptors (Lipinski definition) is 4. The van der Waals surface area contributed by atoms with Gasteiger partial charge in [-0.05, 0) is 13.3 Å². The third kappa shape index (κ3) is 3.54. The summed E-state index contributed by atoms with van der Waals surface area (Å²) in [6, 6.07) is -1.48. The second-order valence-electron chi connectivity index (χ2n) is 3.99. The molecule has 1 amide bonds. The fraction of sp³-hybridized carbons (Fsp3) is 0.455. The van der Waals surface area contributed by atoms with E-state index in [2.05, 4.69) is 15.5 Å². The van der Waals surface area contributed by atoms with E-state index in [-0.39, 0.29) is 5.69 Å². The van der Waals surface area contributed by atoms with Gasteiger partial charge in [0.2, 0.25) is 0 Å². The summed E-state index contributed by atoms with van der Waals surface area (Å²) in [5.74, 6) is -3.41. The molecule has 0 saturated carbocycles. The summed E-state index contributed by atoms with van der Waals surface area (Å²) in [5.41, 5.74) is 1.48. The molecule has 0 aliphatic rings. The van der Waals surface area contributed by atoms with Gasteiger partial charge in [0.1, 0.15) is 6.04 Å². The first kappa shape index (κ1) is 14.7. The standard InChI is InChI=1S/C11H15N3O5/c1-3-6-5(2)9(14-13-6)10(17)12-7(11(18)19)4-8(15)16/h7H,3-4H2,1-2H3,(H,12,17)(H,13,14)(H,15,16)(H,18,19)/t7-/m1/s1. The van der Waals surface area contributed by atoms with Crippen LogP contribution in [0.5, 0.6) is 0 Å². The molecule has 0 aromatic carbocycles. The summed E-state index contributed by atoms with van der Waals surface area (Å²) in [4.78, 5) is 33.2. The quantitative estimate of drug-likeness (QED) is 0.571. The number of H-pyrrole nitrogens is 1. The maximum atomic E-state index is 11.8. The first-order chi connectivity index (χ1) is 8.86. The van der Waals surface area contributed by atoms with Crippen LogP contribution in [0.4, 0.5) is 0 Å². The lowest BCUT2D eigenvalue weighted by Gasteiger charge is -2.11. The third-order valence-electron chi connectivity index (χ3n) is 2.66. The van der Waals surface area contributed by atoms with Crippen molar-refractivity contribution in [3.05, 3.63) is 17.0 Å². The number of nitrogens with zero attached hydrogens (tertiary/aromatic N) is 1. The van der Waals surface area contributed by atoms with Crippen LogP contribution in [0.25, 0.3) is 0 Å². The number of aromatic nitrogens is 2. The molecule has 1 atom stereocenters. The van der Waals surface area contributed by atoms with E-state index in [4.69, 9.17) is 10.2 Å². The Morgan fingerprint density at radius 3 is 2.42 bits per heavy atom. The average molecular weight is 269 g/mol. The summed E-state index contributed by atoms with van der Waals surface area (Å²) >= 11 is 0. The predicted molar refractivity (Wildman–Crippen MR) is 63.8 cm³/mol. The van der Waals surface area contributed by atoms with Crippen molar-refractivity contribution in [1.82, 2.24) is 15.5 Å². The summed E-state index contributed by atoms with van der Waals surface area (Å²) in [7, 11) is 0. The van der Waals surface area contributed by atoms with Crippen molar-refractivity contribution in [2.75, 3.05) is 0 Å². The molecular weight excluding hydrogens is 254 g/mol. The normalized spacial score (nSPS) is 11.9. The minimum atomic E-state index is -1.48. The molecule has 0 fully saturated rings. The Morgan fingerprint density at radius 2 is 2.00 bits per heavy atom.